The van der Waals surface area contributed by atoms with Crippen LogP contribution in [0, 0.1) is 0 Å². The van der Waals surface area contributed by atoms with Crippen molar-refractivity contribution in [2.75, 3.05) is 6.54 Å². The maximum absolute atomic E-state index is 12.8. The van der Waals surface area contributed by atoms with Crippen molar-refractivity contribution in [3.63, 3.8) is 0 Å². The molecule has 0 bridgehead atoms. The fourth-order valence-electron chi connectivity index (χ4n) is 3.01. The monoisotopic (exact) mass is 285 g/mol. The molecule has 0 fully saturated rings. The molecule has 0 saturated heterocycles. The average molecular weight is 285 g/mol. The van der Waals surface area contributed by atoms with Crippen molar-refractivity contribution in [2.24, 2.45) is 0 Å². The largest absolute Gasteiger partial charge is 0.338 e. The van der Waals surface area contributed by atoms with E-state index in [9.17, 15) is 9.59 Å². The smallest absolute Gasteiger partial charge is 0.276 e. The summed E-state index contributed by atoms with van der Waals surface area (Å²) >= 11 is 0. The molecule has 2 aromatic rings. The molecule has 5 nitrogen and oxygen atoms in total. The molecule has 0 spiro atoms. The Hall–Kier alpha value is -2.30. The summed E-state index contributed by atoms with van der Waals surface area (Å²) in [6.45, 7) is 5.43. The Labute approximate surface area is 123 Å². The third-order valence-corrected chi connectivity index (χ3v) is 4.06. The number of carbonyl (C=O) groups excluding carboxylic acids is 1. The Morgan fingerprint density at radius 2 is 1.95 bits per heavy atom. The van der Waals surface area contributed by atoms with Crippen LogP contribution in [-0.4, -0.2) is 26.7 Å². The van der Waals surface area contributed by atoms with E-state index in [4.69, 9.17) is 0 Å². The van der Waals surface area contributed by atoms with Crippen LogP contribution in [0.15, 0.2) is 35.1 Å². The average Bonchev–Trinajstić information content (AvgIpc) is 2.80. The Kier molecular flexibility index (Phi) is 3.41. The Bertz CT molecular complexity index is 728. The quantitative estimate of drug-likeness (QED) is 0.841. The molecule has 0 N–H and O–H groups in total. The van der Waals surface area contributed by atoms with Crippen LogP contribution in [0.2, 0.25) is 0 Å². The third kappa shape index (κ3) is 2.18. The topological polar surface area (TPSA) is 47.2 Å². The zero-order valence-electron chi connectivity index (χ0n) is 12.4. The Balaban J connectivity index is 2.16. The van der Waals surface area contributed by atoms with Crippen molar-refractivity contribution < 1.29 is 4.79 Å². The van der Waals surface area contributed by atoms with Gasteiger partial charge in [-0.3, -0.25) is 14.3 Å². The molecule has 110 valence electrons. The molecular formula is C16H19N3O2. The zero-order valence-corrected chi connectivity index (χ0v) is 12.4. The minimum absolute atomic E-state index is 0.0102. The van der Waals surface area contributed by atoms with Gasteiger partial charge in [0, 0.05) is 32.1 Å². The van der Waals surface area contributed by atoms with Crippen molar-refractivity contribution in [3.8, 4) is 5.69 Å². The summed E-state index contributed by atoms with van der Waals surface area (Å²) in [5.74, 6) is 0.0237. The first-order valence-electron chi connectivity index (χ1n) is 7.28. The number of carbonyl (C=O) groups is 1. The van der Waals surface area contributed by atoms with Crippen molar-refractivity contribution >= 4 is 5.91 Å². The molecule has 2 heterocycles. The first-order valence-corrected chi connectivity index (χ1v) is 7.28. The number of hydrogen-bond acceptors (Lipinski definition) is 2. The number of nitrogens with zero attached hydrogens (tertiary/aromatic N) is 3. The van der Waals surface area contributed by atoms with Gasteiger partial charge in [-0.25, -0.2) is 4.68 Å². The summed E-state index contributed by atoms with van der Waals surface area (Å²) in [6.07, 6.45) is 0.734. The zero-order chi connectivity index (χ0) is 15.0. The van der Waals surface area contributed by atoms with E-state index in [1.165, 1.54) is 0 Å². The highest BCUT2D eigenvalue weighted by molar-refractivity contribution is 5.73. The van der Waals surface area contributed by atoms with Crippen LogP contribution >= 0.6 is 0 Å². The summed E-state index contributed by atoms with van der Waals surface area (Å²) < 4.78 is 3.76. The minimum atomic E-state index is -0.0102. The first-order chi connectivity index (χ1) is 10.1. The number of aromatic nitrogens is 2. The molecular weight excluding hydrogens is 266 g/mol. The van der Waals surface area contributed by atoms with Crippen molar-refractivity contribution in [1.29, 1.82) is 0 Å². The van der Waals surface area contributed by atoms with Gasteiger partial charge in [0.05, 0.1) is 17.8 Å². The second-order valence-electron chi connectivity index (χ2n) is 5.28. The Morgan fingerprint density at radius 1 is 1.24 bits per heavy atom. The molecule has 0 aliphatic carbocycles. The number of benzene rings is 1. The molecule has 0 saturated carbocycles. The van der Waals surface area contributed by atoms with Gasteiger partial charge in [0.15, 0.2) is 0 Å². The van der Waals surface area contributed by atoms with Crippen LogP contribution in [0.1, 0.15) is 25.1 Å². The molecule has 3 rings (SSSR count). The van der Waals surface area contributed by atoms with E-state index in [2.05, 4.69) is 0 Å². The van der Waals surface area contributed by atoms with Crippen LogP contribution in [0.3, 0.4) is 0 Å². The highest BCUT2D eigenvalue weighted by Gasteiger charge is 2.27. The van der Waals surface area contributed by atoms with Gasteiger partial charge in [-0.1, -0.05) is 18.2 Å². The predicted octanol–water partition coefficient (Wildman–Crippen LogP) is 1.56. The van der Waals surface area contributed by atoms with Gasteiger partial charge in [0.1, 0.15) is 0 Å². The highest BCUT2D eigenvalue weighted by atomic mass is 16.2. The van der Waals surface area contributed by atoms with Crippen molar-refractivity contribution in [1.82, 2.24) is 14.3 Å². The van der Waals surface area contributed by atoms with Crippen LogP contribution in [0.4, 0.5) is 0 Å². The van der Waals surface area contributed by atoms with Gasteiger partial charge >= 0.3 is 0 Å². The molecule has 0 atom stereocenters. The molecule has 1 aromatic heterocycles. The highest BCUT2D eigenvalue weighted by Crippen LogP contribution is 2.19. The molecule has 0 radical (unpaired) electrons. The van der Waals surface area contributed by atoms with Gasteiger partial charge in [0.25, 0.3) is 5.56 Å². The number of para-hydroxylation sites is 1. The van der Waals surface area contributed by atoms with E-state index in [1.807, 2.05) is 41.9 Å². The number of rotatable bonds is 2. The predicted molar refractivity (Wildman–Crippen MR) is 80.5 cm³/mol. The van der Waals surface area contributed by atoms with Crippen LogP contribution in [0.5, 0.6) is 0 Å². The van der Waals surface area contributed by atoms with Gasteiger partial charge in [0.2, 0.25) is 5.91 Å². The number of fused-ring (bicyclic) bond motifs is 1. The lowest BCUT2D eigenvalue weighted by atomic mass is 10.1. The van der Waals surface area contributed by atoms with Gasteiger partial charge in [-0.2, -0.15) is 0 Å². The minimum Gasteiger partial charge on any atom is -0.338 e. The molecule has 1 aliphatic heterocycles. The van der Waals surface area contributed by atoms with Gasteiger partial charge in [-0.05, 0) is 19.1 Å². The standard InChI is InChI=1S/C16H19N3O2/c1-3-18-15-9-10-17(12(2)20)11-14(15)16(21)19(18)13-7-5-4-6-8-13/h4-8H,3,9-11H2,1-2H3. The van der Waals surface area contributed by atoms with E-state index < -0.39 is 0 Å². The molecule has 21 heavy (non-hydrogen) atoms. The maximum Gasteiger partial charge on any atom is 0.276 e. The fourth-order valence-corrected chi connectivity index (χ4v) is 3.01. The van der Waals surface area contributed by atoms with Crippen molar-refractivity contribution in [3.05, 3.63) is 51.9 Å². The summed E-state index contributed by atoms with van der Waals surface area (Å²) in [4.78, 5) is 26.1. The van der Waals surface area contributed by atoms with Crippen LogP contribution in [-0.2, 0) is 24.3 Å². The number of hydrogen-bond donors (Lipinski definition) is 0. The maximum atomic E-state index is 12.8. The summed E-state index contributed by atoms with van der Waals surface area (Å²) in [5.41, 5.74) is 2.67. The van der Waals surface area contributed by atoms with E-state index in [0.717, 1.165) is 29.9 Å². The molecule has 1 amide bonds. The second-order valence-corrected chi connectivity index (χ2v) is 5.28. The normalized spacial score (nSPS) is 14.1. The lowest BCUT2D eigenvalue weighted by Crippen LogP contribution is -2.36. The SMILES string of the molecule is CCn1c2c(c(=O)n1-c1ccccc1)CN(C(C)=O)CC2. The molecule has 0 unspecified atom stereocenters. The van der Waals surface area contributed by atoms with E-state index in [1.54, 1.807) is 16.5 Å². The fraction of sp³-hybridized carbons (Fsp3) is 0.375. The van der Waals surface area contributed by atoms with Crippen LogP contribution in [0.25, 0.3) is 5.69 Å². The second kappa shape index (κ2) is 5.24. The van der Waals surface area contributed by atoms with Gasteiger partial charge in [-0.15, -0.1) is 0 Å². The van der Waals surface area contributed by atoms with Gasteiger partial charge < -0.3 is 4.90 Å². The lowest BCUT2D eigenvalue weighted by molar-refractivity contribution is -0.129. The summed E-state index contributed by atoms with van der Waals surface area (Å²) in [7, 11) is 0. The van der Waals surface area contributed by atoms with E-state index in [-0.39, 0.29) is 11.5 Å². The van der Waals surface area contributed by atoms with E-state index in [0.29, 0.717) is 13.1 Å². The molecule has 1 aliphatic rings. The van der Waals surface area contributed by atoms with Crippen LogP contribution < -0.4 is 5.56 Å². The molecule has 5 heteroatoms. The Morgan fingerprint density at radius 3 is 2.57 bits per heavy atom. The third-order valence-electron chi connectivity index (χ3n) is 4.06. The molecule has 1 aromatic carbocycles. The number of amides is 1. The lowest BCUT2D eigenvalue weighted by Gasteiger charge is -2.25. The summed E-state index contributed by atoms with van der Waals surface area (Å²) in [5, 5.41) is 0. The van der Waals surface area contributed by atoms with E-state index >= 15 is 0 Å². The summed E-state index contributed by atoms with van der Waals surface area (Å²) in [6, 6.07) is 9.65. The first kappa shape index (κ1) is 13.7. The van der Waals surface area contributed by atoms with Crippen molar-refractivity contribution in [2.45, 2.75) is 33.4 Å².